The van der Waals surface area contributed by atoms with Gasteiger partial charge in [0.2, 0.25) is 0 Å². The summed E-state index contributed by atoms with van der Waals surface area (Å²) in [7, 11) is 1.36. The van der Waals surface area contributed by atoms with E-state index >= 15 is 0 Å². The van der Waals surface area contributed by atoms with E-state index in [9.17, 15) is 4.79 Å². The predicted molar refractivity (Wildman–Crippen MR) is 41.7 cm³/mol. The molecule has 1 saturated heterocycles. The minimum atomic E-state index is -0.385. The van der Waals surface area contributed by atoms with Gasteiger partial charge in [-0.05, 0) is 0 Å². The molecule has 66 valence electrons. The van der Waals surface area contributed by atoms with Gasteiger partial charge in [-0.3, -0.25) is 0 Å². The van der Waals surface area contributed by atoms with Gasteiger partial charge in [-0.1, -0.05) is 12.2 Å². The van der Waals surface area contributed by atoms with Gasteiger partial charge in [-0.2, -0.15) is 0 Å². The Morgan fingerprint density at radius 1 is 1.67 bits per heavy atom. The largest absolute Gasteiger partial charge is 0.453 e. The second-order valence-electron chi connectivity index (χ2n) is 3.00. The molecule has 12 heavy (non-hydrogen) atoms. The van der Waals surface area contributed by atoms with Crippen molar-refractivity contribution < 1.29 is 14.3 Å². The van der Waals surface area contributed by atoms with Crippen LogP contribution in [-0.4, -0.2) is 31.5 Å². The van der Waals surface area contributed by atoms with Crippen LogP contribution in [0, 0.1) is 0 Å². The first-order valence-electron chi connectivity index (χ1n) is 3.98. The fourth-order valence-electron chi connectivity index (χ4n) is 1.62. The van der Waals surface area contributed by atoms with Crippen LogP contribution in [0.15, 0.2) is 12.2 Å². The van der Waals surface area contributed by atoms with Crippen LogP contribution >= 0.6 is 0 Å². The van der Waals surface area contributed by atoms with E-state index in [0.717, 1.165) is 6.42 Å². The predicted octanol–water partition coefficient (Wildman–Crippen LogP) is 0.438. The van der Waals surface area contributed by atoms with Gasteiger partial charge in [0.25, 0.3) is 0 Å². The van der Waals surface area contributed by atoms with Crippen molar-refractivity contribution in [3.63, 3.8) is 0 Å². The van der Waals surface area contributed by atoms with E-state index in [1.807, 2.05) is 12.2 Å². The first-order valence-corrected chi connectivity index (χ1v) is 3.98. The second kappa shape index (κ2) is 2.79. The normalized spacial score (nSPS) is 36.9. The zero-order valence-corrected chi connectivity index (χ0v) is 6.82. The van der Waals surface area contributed by atoms with Gasteiger partial charge in [0.1, 0.15) is 0 Å². The number of methoxy groups -OCH3 is 1. The maximum absolute atomic E-state index is 10.8. The summed E-state index contributed by atoms with van der Waals surface area (Å²) in [6, 6.07) is 0.0902. The van der Waals surface area contributed by atoms with Crippen molar-refractivity contribution in [2.24, 2.45) is 0 Å². The smallest absolute Gasteiger partial charge is 0.407 e. The van der Waals surface area contributed by atoms with Crippen molar-refractivity contribution in [2.45, 2.75) is 24.7 Å². The number of fused-ring (bicyclic) bond motifs is 2. The van der Waals surface area contributed by atoms with Crippen LogP contribution in [0.25, 0.3) is 0 Å². The summed E-state index contributed by atoms with van der Waals surface area (Å²) in [5, 5.41) is 2.72. The first kappa shape index (κ1) is 7.61. The summed E-state index contributed by atoms with van der Waals surface area (Å²) in [5.74, 6) is 0. The molecule has 1 amide bonds. The molecule has 1 N–H and O–H groups in total. The van der Waals surface area contributed by atoms with Crippen molar-refractivity contribution in [3.8, 4) is 0 Å². The van der Waals surface area contributed by atoms with E-state index in [0.29, 0.717) is 0 Å². The standard InChI is InChI=1S/C8H11NO3/c1-11-8(10)9-6-4-5-2-3-7(6)12-5/h2-3,5-7H,4H2,1H3,(H,9,10)/t5-,6+,7-/m1/s1. The molecule has 4 heteroatoms. The number of rotatable bonds is 1. The monoisotopic (exact) mass is 169 g/mol. The van der Waals surface area contributed by atoms with Crippen molar-refractivity contribution in [1.29, 1.82) is 0 Å². The average Bonchev–Trinajstić information content (AvgIpc) is 2.64. The molecular formula is C8H11NO3. The molecule has 0 spiro atoms. The molecule has 0 aromatic heterocycles. The van der Waals surface area contributed by atoms with E-state index in [1.165, 1.54) is 7.11 Å². The van der Waals surface area contributed by atoms with Gasteiger partial charge < -0.3 is 14.8 Å². The van der Waals surface area contributed by atoms with E-state index in [2.05, 4.69) is 10.1 Å². The minimum absolute atomic E-state index is 0.0501. The minimum Gasteiger partial charge on any atom is -0.453 e. The molecule has 2 rings (SSSR count). The highest BCUT2D eigenvalue weighted by Gasteiger charge is 2.37. The van der Waals surface area contributed by atoms with E-state index in [1.54, 1.807) is 0 Å². The average molecular weight is 169 g/mol. The van der Waals surface area contributed by atoms with Crippen LogP contribution in [-0.2, 0) is 9.47 Å². The molecule has 1 fully saturated rings. The third-order valence-electron chi connectivity index (χ3n) is 2.22. The lowest BCUT2D eigenvalue weighted by atomic mass is 10.0. The number of ether oxygens (including phenoxy) is 2. The maximum atomic E-state index is 10.8. The second-order valence-corrected chi connectivity index (χ2v) is 3.00. The van der Waals surface area contributed by atoms with E-state index < -0.39 is 0 Å². The molecule has 2 bridgehead atoms. The Balaban J connectivity index is 1.91. The fourth-order valence-corrected chi connectivity index (χ4v) is 1.62. The molecule has 0 saturated carbocycles. The van der Waals surface area contributed by atoms with Crippen LogP contribution in [0.1, 0.15) is 6.42 Å². The number of hydrogen-bond acceptors (Lipinski definition) is 3. The van der Waals surface area contributed by atoms with Crippen molar-refractivity contribution in [3.05, 3.63) is 12.2 Å². The Morgan fingerprint density at radius 3 is 3.00 bits per heavy atom. The van der Waals surface area contributed by atoms with Gasteiger partial charge >= 0.3 is 6.09 Å². The van der Waals surface area contributed by atoms with Crippen LogP contribution in [0.5, 0.6) is 0 Å². The molecule has 0 aromatic rings. The number of carbonyl (C=O) groups is 1. The Morgan fingerprint density at radius 2 is 2.50 bits per heavy atom. The lowest BCUT2D eigenvalue weighted by molar-refractivity contribution is 0.110. The SMILES string of the molecule is COC(=O)N[C@H]1C[C@H]2C=C[C@H]1O2. The molecule has 0 unspecified atom stereocenters. The maximum Gasteiger partial charge on any atom is 0.407 e. The van der Waals surface area contributed by atoms with Crippen LogP contribution in [0.3, 0.4) is 0 Å². The highest BCUT2D eigenvalue weighted by molar-refractivity contribution is 5.67. The number of amides is 1. The molecule has 2 aliphatic rings. The highest BCUT2D eigenvalue weighted by Crippen LogP contribution is 2.28. The number of alkyl carbamates (subject to hydrolysis) is 1. The van der Waals surface area contributed by atoms with Crippen LogP contribution < -0.4 is 5.32 Å². The first-order chi connectivity index (χ1) is 5.79. The number of nitrogens with one attached hydrogen (secondary N) is 1. The molecule has 2 heterocycles. The van der Waals surface area contributed by atoms with Crippen molar-refractivity contribution in [1.82, 2.24) is 5.32 Å². The van der Waals surface area contributed by atoms with Gasteiger partial charge in [0.15, 0.2) is 0 Å². The Labute approximate surface area is 70.5 Å². The Kier molecular flexibility index (Phi) is 1.77. The molecule has 0 aliphatic carbocycles. The summed E-state index contributed by atoms with van der Waals surface area (Å²) >= 11 is 0. The van der Waals surface area contributed by atoms with Gasteiger partial charge in [0.05, 0.1) is 25.4 Å². The molecule has 0 radical (unpaired) electrons. The summed E-state index contributed by atoms with van der Waals surface area (Å²) < 4.78 is 9.94. The van der Waals surface area contributed by atoms with E-state index in [4.69, 9.17) is 4.74 Å². The highest BCUT2D eigenvalue weighted by atomic mass is 16.5. The third-order valence-corrected chi connectivity index (χ3v) is 2.22. The summed E-state index contributed by atoms with van der Waals surface area (Å²) in [6.07, 6.45) is 4.72. The molecular weight excluding hydrogens is 158 g/mol. The fraction of sp³-hybridized carbons (Fsp3) is 0.625. The Bertz CT molecular complexity index is 226. The van der Waals surface area contributed by atoms with Gasteiger partial charge in [-0.15, -0.1) is 0 Å². The quantitative estimate of drug-likeness (QED) is 0.579. The Hall–Kier alpha value is -1.03. The van der Waals surface area contributed by atoms with Crippen LogP contribution in [0.4, 0.5) is 4.79 Å². The molecule has 0 aromatic carbocycles. The molecule has 3 atom stereocenters. The molecule has 2 aliphatic heterocycles. The molecule has 4 nitrogen and oxygen atoms in total. The topological polar surface area (TPSA) is 47.6 Å². The van der Waals surface area contributed by atoms with Crippen molar-refractivity contribution in [2.75, 3.05) is 7.11 Å². The van der Waals surface area contributed by atoms with E-state index in [-0.39, 0.29) is 24.3 Å². The number of hydrogen-bond donors (Lipinski definition) is 1. The summed E-state index contributed by atoms with van der Waals surface area (Å²) in [5.41, 5.74) is 0. The number of carbonyl (C=O) groups excluding carboxylic acids is 1. The summed E-state index contributed by atoms with van der Waals surface area (Å²) in [6.45, 7) is 0. The van der Waals surface area contributed by atoms with Gasteiger partial charge in [0, 0.05) is 6.42 Å². The zero-order valence-electron chi connectivity index (χ0n) is 6.82. The van der Waals surface area contributed by atoms with Crippen molar-refractivity contribution >= 4 is 6.09 Å². The summed E-state index contributed by atoms with van der Waals surface area (Å²) in [4.78, 5) is 10.8. The lowest BCUT2D eigenvalue weighted by Gasteiger charge is -2.15. The van der Waals surface area contributed by atoms with Gasteiger partial charge in [-0.25, -0.2) is 4.79 Å². The lowest BCUT2D eigenvalue weighted by Crippen LogP contribution is -2.40. The van der Waals surface area contributed by atoms with Crippen LogP contribution in [0.2, 0.25) is 0 Å². The zero-order chi connectivity index (χ0) is 8.55. The third kappa shape index (κ3) is 1.18.